The second kappa shape index (κ2) is 12.9. The maximum atomic E-state index is 4.59. The van der Waals surface area contributed by atoms with Crippen LogP contribution in [0.25, 0.3) is 0 Å². The second-order valence-corrected chi connectivity index (χ2v) is 9.13. The van der Waals surface area contributed by atoms with Crippen LogP contribution in [0.5, 0.6) is 0 Å². The lowest BCUT2D eigenvalue weighted by molar-refractivity contribution is 0.251. The lowest BCUT2D eigenvalue weighted by Crippen LogP contribution is -2.37. The molecule has 0 aromatic carbocycles. The molecule has 162 valence electrons. The van der Waals surface area contributed by atoms with Crippen molar-refractivity contribution in [2.75, 3.05) is 38.1 Å². The Morgan fingerprint density at radius 3 is 2.41 bits per heavy atom. The molecule has 0 bridgehead atoms. The number of aromatic nitrogens is 2. The van der Waals surface area contributed by atoms with Crippen molar-refractivity contribution in [2.45, 2.75) is 72.6 Å². The third kappa shape index (κ3) is 8.34. The average Bonchev–Trinajstić information content (AvgIpc) is 2.72. The predicted octanol–water partition coefficient (Wildman–Crippen LogP) is 5.24. The minimum atomic E-state index is 0.778. The van der Waals surface area contributed by atoms with E-state index in [1.54, 1.807) is 0 Å². The summed E-state index contributed by atoms with van der Waals surface area (Å²) in [6.07, 6.45) is 12.8. The number of hydrogen-bond acceptors (Lipinski definition) is 4. The minimum absolute atomic E-state index is 0.778. The monoisotopic (exact) mass is 398 g/mol. The van der Waals surface area contributed by atoms with Crippen LogP contribution in [0.4, 0.5) is 5.95 Å². The van der Waals surface area contributed by atoms with E-state index in [9.17, 15) is 0 Å². The fourth-order valence-electron chi connectivity index (χ4n) is 4.39. The smallest absolute Gasteiger partial charge is 0.225 e. The van der Waals surface area contributed by atoms with Crippen LogP contribution in [0.1, 0.15) is 78.2 Å². The van der Waals surface area contributed by atoms with Gasteiger partial charge in [-0.3, -0.25) is 4.90 Å². The first kappa shape index (κ1) is 23.7. The Morgan fingerprint density at radius 2 is 1.83 bits per heavy atom. The molecule has 0 amide bonds. The first-order chi connectivity index (χ1) is 14.0. The molecule has 0 spiro atoms. The van der Waals surface area contributed by atoms with Gasteiger partial charge in [0.15, 0.2) is 0 Å². The van der Waals surface area contributed by atoms with E-state index >= 15 is 0 Å². The molecule has 0 aliphatic carbocycles. The van der Waals surface area contributed by atoms with Gasteiger partial charge in [-0.1, -0.05) is 58.8 Å². The number of hydrogen-bond donors (Lipinski definition) is 0. The summed E-state index contributed by atoms with van der Waals surface area (Å²) in [5, 5.41) is 0. The molecule has 4 heteroatoms. The van der Waals surface area contributed by atoms with Crippen molar-refractivity contribution in [1.29, 1.82) is 0 Å². The predicted molar refractivity (Wildman–Crippen MR) is 124 cm³/mol. The van der Waals surface area contributed by atoms with Crippen LogP contribution in [-0.4, -0.2) is 48.1 Å². The topological polar surface area (TPSA) is 32.3 Å². The van der Waals surface area contributed by atoms with Gasteiger partial charge in [-0.15, -0.1) is 0 Å². The Labute approximate surface area is 179 Å². The van der Waals surface area contributed by atoms with Gasteiger partial charge in [0, 0.05) is 25.5 Å². The van der Waals surface area contributed by atoms with E-state index in [-0.39, 0.29) is 0 Å². The summed E-state index contributed by atoms with van der Waals surface area (Å²) < 4.78 is 0. The van der Waals surface area contributed by atoms with Crippen LogP contribution < -0.4 is 4.90 Å². The third-order valence-electron chi connectivity index (χ3n) is 6.21. The highest BCUT2D eigenvalue weighted by atomic mass is 15.2. The normalized spacial score (nSPS) is 16.2. The molecule has 29 heavy (non-hydrogen) atoms. The van der Waals surface area contributed by atoms with Crippen molar-refractivity contribution in [3.8, 4) is 11.8 Å². The number of piperidine rings is 1. The van der Waals surface area contributed by atoms with Crippen LogP contribution in [0, 0.1) is 29.6 Å². The average molecular weight is 399 g/mol. The van der Waals surface area contributed by atoms with E-state index in [1.807, 2.05) is 12.4 Å². The van der Waals surface area contributed by atoms with Crippen molar-refractivity contribution in [3.63, 3.8) is 0 Å². The molecular weight excluding hydrogens is 356 g/mol. The molecule has 1 unspecified atom stereocenters. The Hall–Kier alpha value is -1.60. The Morgan fingerprint density at radius 1 is 1.14 bits per heavy atom. The molecule has 1 saturated heterocycles. The summed E-state index contributed by atoms with van der Waals surface area (Å²) in [4.78, 5) is 13.8. The summed E-state index contributed by atoms with van der Waals surface area (Å²) in [6.45, 7) is 13.3. The lowest BCUT2D eigenvalue weighted by atomic mass is 9.80. The van der Waals surface area contributed by atoms with E-state index in [2.05, 4.69) is 66.4 Å². The van der Waals surface area contributed by atoms with E-state index in [0.29, 0.717) is 0 Å². The fraction of sp³-hybridized carbons (Fsp3) is 0.760. The highest BCUT2D eigenvalue weighted by Gasteiger charge is 2.25. The van der Waals surface area contributed by atoms with Crippen molar-refractivity contribution in [2.24, 2.45) is 17.8 Å². The van der Waals surface area contributed by atoms with Gasteiger partial charge >= 0.3 is 0 Å². The van der Waals surface area contributed by atoms with Gasteiger partial charge in [0.25, 0.3) is 0 Å². The lowest BCUT2D eigenvalue weighted by Gasteiger charge is -2.35. The Balaban J connectivity index is 1.78. The van der Waals surface area contributed by atoms with Gasteiger partial charge in [0.2, 0.25) is 5.95 Å². The number of nitrogens with zero attached hydrogens (tertiary/aromatic N) is 4. The van der Waals surface area contributed by atoms with Gasteiger partial charge in [0.05, 0.1) is 12.1 Å². The summed E-state index contributed by atoms with van der Waals surface area (Å²) in [5.41, 5.74) is 0.910. The van der Waals surface area contributed by atoms with Crippen LogP contribution in [0.2, 0.25) is 0 Å². The molecule has 1 atom stereocenters. The van der Waals surface area contributed by atoms with Gasteiger partial charge in [-0.05, 0) is 57.0 Å². The van der Waals surface area contributed by atoms with Gasteiger partial charge in [0.1, 0.15) is 0 Å². The zero-order chi connectivity index (χ0) is 21.1. The second-order valence-electron chi connectivity index (χ2n) is 9.13. The van der Waals surface area contributed by atoms with E-state index in [1.165, 1.54) is 44.9 Å². The molecule has 1 fully saturated rings. The van der Waals surface area contributed by atoms with Gasteiger partial charge in [-0.25, -0.2) is 9.97 Å². The largest absolute Gasteiger partial charge is 0.341 e. The molecule has 2 rings (SSSR count). The molecule has 0 N–H and O–H groups in total. The highest BCUT2D eigenvalue weighted by Crippen LogP contribution is 2.31. The molecule has 0 saturated carbocycles. The summed E-state index contributed by atoms with van der Waals surface area (Å²) in [6, 6.07) is 0. The van der Waals surface area contributed by atoms with E-state index in [0.717, 1.165) is 55.4 Å². The number of anilines is 1. The van der Waals surface area contributed by atoms with Crippen LogP contribution in [-0.2, 0) is 0 Å². The number of rotatable bonds is 10. The summed E-state index contributed by atoms with van der Waals surface area (Å²) >= 11 is 0. The van der Waals surface area contributed by atoms with Crippen molar-refractivity contribution in [1.82, 2.24) is 14.9 Å². The zero-order valence-electron chi connectivity index (χ0n) is 19.5. The molecule has 1 aliphatic heterocycles. The summed E-state index contributed by atoms with van der Waals surface area (Å²) in [5.74, 6) is 9.88. The zero-order valence-corrected chi connectivity index (χ0v) is 19.5. The SMILES string of the molecule is CCCC(CC)C1CCN(c2ncc(C#CCN(C)CCCC(C)C)cn2)CC1. The Bertz CT molecular complexity index is 620. The molecule has 1 aromatic heterocycles. The molecule has 0 radical (unpaired) electrons. The first-order valence-corrected chi connectivity index (χ1v) is 11.8. The van der Waals surface area contributed by atoms with Gasteiger partial charge in [-0.2, -0.15) is 0 Å². The Kier molecular flexibility index (Phi) is 10.5. The quantitative estimate of drug-likeness (QED) is 0.505. The maximum absolute atomic E-state index is 4.59. The van der Waals surface area contributed by atoms with E-state index < -0.39 is 0 Å². The minimum Gasteiger partial charge on any atom is -0.341 e. The highest BCUT2D eigenvalue weighted by molar-refractivity contribution is 5.36. The first-order valence-electron chi connectivity index (χ1n) is 11.8. The molecule has 1 aliphatic rings. The standard InChI is InChI=1S/C25H42N4/c1-6-10-23(7-2)24-13-17-29(18-14-24)25-26-19-22(20-27-25)12-9-16-28(5)15-8-11-21(3)4/h19-21,23-24H,6-8,10-11,13-18H2,1-5H3. The fourth-order valence-corrected chi connectivity index (χ4v) is 4.39. The molecular formula is C25H42N4. The summed E-state index contributed by atoms with van der Waals surface area (Å²) in [7, 11) is 2.14. The molecule has 4 nitrogen and oxygen atoms in total. The maximum Gasteiger partial charge on any atom is 0.225 e. The molecule has 1 aromatic rings. The van der Waals surface area contributed by atoms with Gasteiger partial charge < -0.3 is 4.90 Å². The van der Waals surface area contributed by atoms with Crippen molar-refractivity contribution >= 4 is 5.95 Å². The van der Waals surface area contributed by atoms with Crippen LogP contribution >= 0.6 is 0 Å². The third-order valence-corrected chi connectivity index (χ3v) is 6.21. The van der Waals surface area contributed by atoms with Crippen LogP contribution in [0.3, 0.4) is 0 Å². The van der Waals surface area contributed by atoms with Crippen molar-refractivity contribution in [3.05, 3.63) is 18.0 Å². The molecule has 2 heterocycles. The van der Waals surface area contributed by atoms with Crippen molar-refractivity contribution < 1.29 is 0 Å². The van der Waals surface area contributed by atoms with Crippen LogP contribution in [0.15, 0.2) is 12.4 Å². The van der Waals surface area contributed by atoms with E-state index in [4.69, 9.17) is 0 Å².